The summed E-state index contributed by atoms with van der Waals surface area (Å²) in [6, 6.07) is 5.49. The fourth-order valence-corrected chi connectivity index (χ4v) is 2.76. The fraction of sp³-hybridized carbons (Fsp3) is 0.312. The van der Waals surface area contributed by atoms with Gasteiger partial charge in [0.15, 0.2) is 5.13 Å². The fourth-order valence-electron chi connectivity index (χ4n) is 2.21. The van der Waals surface area contributed by atoms with Crippen molar-refractivity contribution in [1.29, 1.82) is 0 Å². The second-order valence-electron chi connectivity index (χ2n) is 5.77. The molecular formula is C16H18N4O4S. The van der Waals surface area contributed by atoms with Crippen molar-refractivity contribution in [3.05, 3.63) is 51.5 Å². The lowest BCUT2D eigenvalue weighted by molar-refractivity contribution is -0.384. The lowest BCUT2D eigenvalue weighted by Gasteiger charge is -2.24. The molecule has 2 aromatic rings. The first-order chi connectivity index (χ1) is 11.9. The molecule has 2 rings (SSSR count). The first-order valence-electron chi connectivity index (χ1n) is 7.60. The molecule has 0 spiro atoms. The van der Waals surface area contributed by atoms with Crippen LogP contribution in [0.3, 0.4) is 0 Å². The van der Waals surface area contributed by atoms with Crippen molar-refractivity contribution in [3.8, 4) is 0 Å². The third-order valence-electron chi connectivity index (χ3n) is 3.19. The summed E-state index contributed by atoms with van der Waals surface area (Å²) in [7, 11) is 0. The standard InChI is InChI=1S/C16H18N4O4S/c1-11(2)9-19(10-14(21)18-16-17-6-7-25-16)15(22)12-4-3-5-13(8-12)20(23)24/h3-8,11H,9-10H2,1-2H3,(H,17,18,21). The number of nitrogens with zero attached hydrogens (tertiary/aromatic N) is 3. The Balaban J connectivity index is 2.15. The van der Waals surface area contributed by atoms with Gasteiger partial charge in [0.2, 0.25) is 5.91 Å². The van der Waals surface area contributed by atoms with E-state index in [4.69, 9.17) is 0 Å². The van der Waals surface area contributed by atoms with E-state index in [9.17, 15) is 19.7 Å². The number of hydrogen-bond donors (Lipinski definition) is 1. The molecule has 1 aromatic heterocycles. The van der Waals surface area contributed by atoms with Crippen LogP contribution in [0.1, 0.15) is 24.2 Å². The van der Waals surface area contributed by atoms with Gasteiger partial charge in [-0.3, -0.25) is 19.7 Å². The van der Waals surface area contributed by atoms with Gasteiger partial charge in [-0.05, 0) is 12.0 Å². The van der Waals surface area contributed by atoms with Gasteiger partial charge in [-0.15, -0.1) is 11.3 Å². The van der Waals surface area contributed by atoms with Gasteiger partial charge in [0.1, 0.15) is 6.54 Å². The van der Waals surface area contributed by atoms with E-state index < -0.39 is 10.8 Å². The number of carbonyl (C=O) groups excluding carboxylic acids is 2. The van der Waals surface area contributed by atoms with Crippen LogP contribution in [0.5, 0.6) is 0 Å². The van der Waals surface area contributed by atoms with E-state index in [0.717, 1.165) is 0 Å². The van der Waals surface area contributed by atoms with Crippen LogP contribution >= 0.6 is 11.3 Å². The highest BCUT2D eigenvalue weighted by molar-refractivity contribution is 7.13. The van der Waals surface area contributed by atoms with E-state index >= 15 is 0 Å². The number of nitrogens with one attached hydrogen (secondary N) is 1. The Labute approximate surface area is 148 Å². The molecule has 1 heterocycles. The van der Waals surface area contributed by atoms with Crippen molar-refractivity contribution < 1.29 is 14.5 Å². The largest absolute Gasteiger partial charge is 0.329 e. The van der Waals surface area contributed by atoms with E-state index in [0.29, 0.717) is 11.7 Å². The number of nitro benzene ring substituents is 1. The highest BCUT2D eigenvalue weighted by Crippen LogP contribution is 2.16. The summed E-state index contributed by atoms with van der Waals surface area (Å²) in [4.78, 5) is 40.6. The van der Waals surface area contributed by atoms with E-state index in [2.05, 4.69) is 10.3 Å². The molecule has 1 N–H and O–H groups in total. The molecule has 132 valence electrons. The molecule has 1 aromatic carbocycles. The molecule has 0 bridgehead atoms. The quantitative estimate of drug-likeness (QED) is 0.602. The van der Waals surface area contributed by atoms with Crippen LogP contribution < -0.4 is 5.32 Å². The second-order valence-corrected chi connectivity index (χ2v) is 6.67. The van der Waals surface area contributed by atoms with Crippen LogP contribution in [0, 0.1) is 16.0 Å². The predicted molar refractivity (Wildman–Crippen MR) is 94.6 cm³/mol. The van der Waals surface area contributed by atoms with Crippen molar-refractivity contribution in [2.45, 2.75) is 13.8 Å². The molecule has 0 radical (unpaired) electrons. The van der Waals surface area contributed by atoms with Gasteiger partial charge in [0.05, 0.1) is 4.92 Å². The van der Waals surface area contributed by atoms with Gasteiger partial charge in [-0.25, -0.2) is 4.98 Å². The van der Waals surface area contributed by atoms with E-state index in [1.165, 1.54) is 40.5 Å². The second kappa shape index (κ2) is 8.34. The normalized spacial score (nSPS) is 10.5. The van der Waals surface area contributed by atoms with Crippen molar-refractivity contribution in [3.63, 3.8) is 0 Å². The van der Waals surface area contributed by atoms with Crippen LogP contribution in [0.15, 0.2) is 35.8 Å². The topological polar surface area (TPSA) is 105 Å². The number of hydrogen-bond acceptors (Lipinski definition) is 6. The van der Waals surface area contributed by atoms with Gasteiger partial charge in [0.25, 0.3) is 11.6 Å². The lowest BCUT2D eigenvalue weighted by atomic mass is 10.1. The summed E-state index contributed by atoms with van der Waals surface area (Å²) in [6.07, 6.45) is 1.57. The third-order valence-corrected chi connectivity index (χ3v) is 3.88. The van der Waals surface area contributed by atoms with Crippen molar-refractivity contribution in [2.24, 2.45) is 5.92 Å². The molecule has 25 heavy (non-hydrogen) atoms. The smallest absolute Gasteiger partial charge is 0.270 e. The Bertz CT molecular complexity index is 761. The lowest BCUT2D eigenvalue weighted by Crippen LogP contribution is -2.40. The Morgan fingerprint density at radius 2 is 2.16 bits per heavy atom. The molecule has 0 saturated carbocycles. The molecule has 0 aliphatic heterocycles. The maximum Gasteiger partial charge on any atom is 0.270 e. The summed E-state index contributed by atoms with van der Waals surface area (Å²) in [5.74, 6) is -0.656. The number of aromatic nitrogens is 1. The molecule has 0 fully saturated rings. The first kappa shape index (κ1) is 18.5. The number of amides is 2. The van der Waals surface area contributed by atoms with E-state index in [1.54, 1.807) is 11.6 Å². The number of carbonyl (C=O) groups is 2. The van der Waals surface area contributed by atoms with E-state index in [-0.39, 0.29) is 29.6 Å². The summed E-state index contributed by atoms with van der Waals surface area (Å²) < 4.78 is 0. The highest BCUT2D eigenvalue weighted by Gasteiger charge is 2.21. The summed E-state index contributed by atoms with van der Waals surface area (Å²) in [5.41, 5.74) is 0.0134. The maximum atomic E-state index is 12.7. The van der Waals surface area contributed by atoms with Gasteiger partial charge in [0, 0.05) is 35.8 Å². The Morgan fingerprint density at radius 1 is 1.40 bits per heavy atom. The van der Waals surface area contributed by atoms with Crippen LogP contribution in [0.4, 0.5) is 10.8 Å². The zero-order valence-electron chi connectivity index (χ0n) is 13.8. The summed E-state index contributed by atoms with van der Waals surface area (Å²) in [5, 5.41) is 15.7. The minimum absolute atomic E-state index is 0.135. The molecule has 0 aliphatic rings. The van der Waals surface area contributed by atoms with Gasteiger partial charge >= 0.3 is 0 Å². The van der Waals surface area contributed by atoms with Crippen LogP contribution in [0.25, 0.3) is 0 Å². The van der Waals surface area contributed by atoms with Gasteiger partial charge in [-0.1, -0.05) is 19.9 Å². The molecule has 0 saturated heterocycles. The summed E-state index contributed by atoms with van der Waals surface area (Å²) >= 11 is 1.28. The number of rotatable bonds is 7. The number of anilines is 1. The zero-order valence-corrected chi connectivity index (χ0v) is 14.7. The van der Waals surface area contributed by atoms with Crippen molar-refractivity contribution in [1.82, 2.24) is 9.88 Å². The Morgan fingerprint density at radius 3 is 2.76 bits per heavy atom. The third kappa shape index (κ3) is 5.35. The van der Waals surface area contributed by atoms with Crippen LogP contribution in [0.2, 0.25) is 0 Å². The molecule has 2 amide bonds. The monoisotopic (exact) mass is 362 g/mol. The molecule has 0 atom stereocenters. The molecule has 0 aliphatic carbocycles. The predicted octanol–water partition coefficient (Wildman–Crippen LogP) is 2.79. The minimum Gasteiger partial charge on any atom is -0.329 e. The van der Waals surface area contributed by atoms with Crippen LogP contribution in [-0.4, -0.2) is 39.7 Å². The van der Waals surface area contributed by atoms with Gasteiger partial charge < -0.3 is 10.2 Å². The molecule has 8 nitrogen and oxygen atoms in total. The Hall–Kier alpha value is -2.81. The average molecular weight is 362 g/mol. The minimum atomic E-state index is -0.557. The number of thiazole rings is 1. The number of nitro groups is 1. The Kier molecular flexibility index (Phi) is 6.18. The number of benzene rings is 1. The van der Waals surface area contributed by atoms with E-state index in [1.807, 2.05) is 13.8 Å². The van der Waals surface area contributed by atoms with Crippen LogP contribution in [-0.2, 0) is 4.79 Å². The number of non-ortho nitro benzene ring substituents is 1. The SMILES string of the molecule is CC(C)CN(CC(=O)Nc1nccs1)C(=O)c1cccc([N+](=O)[O-])c1. The van der Waals surface area contributed by atoms with Gasteiger partial charge in [-0.2, -0.15) is 0 Å². The highest BCUT2D eigenvalue weighted by atomic mass is 32.1. The average Bonchev–Trinajstić information content (AvgIpc) is 3.06. The zero-order chi connectivity index (χ0) is 18.4. The molecular weight excluding hydrogens is 344 g/mol. The first-order valence-corrected chi connectivity index (χ1v) is 8.48. The molecule has 9 heteroatoms. The van der Waals surface area contributed by atoms with Crippen molar-refractivity contribution in [2.75, 3.05) is 18.4 Å². The summed E-state index contributed by atoms with van der Waals surface area (Å²) in [6.45, 7) is 4.05. The maximum absolute atomic E-state index is 12.7. The van der Waals surface area contributed by atoms with Crippen molar-refractivity contribution >= 4 is 34.0 Å². The molecule has 0 unspecified atom stereocenters.